The lowest BCUT2D eigenvalue weighted by Crippen LogP contribution is -2.32. The number of amides is 1. The van der Waals surface area contributed by atoms with E-state index in [9.17, 15) is 4.79 Å². The highest BCUT2D eigenvalue weighted by Crippen LogP contribution is 2.29. The van der Waals surface area contributed by atoms with E-state index in [1.807, 2.05) is 28.2 Å². The van der Waals surface area contributed by atoms with Gasteiger partial charge in [-0.15, -0.1) is 11.3 Å². The first-order valence-electron chi connectivity index (χ1n) is 7.58. The normalized spacial score (nSPS) is 17.4. The minimum absolute atomic E-state index is 0.0486. The first-order valence-corrected chi connectivity index (χ1v) is 8.46. The minimum Gasteiger partial charge on any atom is -0.349 e. The lowest BCUT2D eigenvalue weighted by molar-refractivity contribution is -0.121. The molecule has 4 nitrogen and oxygen atoms in total. The third-order valence-electron chi connectivity index (χ3n) is 4.19. The zero-order valence-corrected chi connectivity index (χ0v) is 13.0. The Hall–Kier alpha value is -2.14. The van der Waals surface area contributed by atoms with Crippen LogP contribution in [-0.4, -0.2) is 15.3 Å². The second-order valence-electron chi connectivity index (χ2n) is 5.71. The zero-order chi connectivity index (χ0) is 14.9. The highest BCUT2D eigenvalue weighted by atomic mass is 32.1. The molecule has 2 heterocycles. The Kier molecular flexibility index (Phi) is 3.42. The summed E-state index contributed by atoms with van der Waals surface area (Å²) >= 11 is 1.58. The van der Waals surface area contributed by atoms with Crippen LogP contribution >= 0.6 is 11.3 Å². The second-order valence-corrected chi connectivity index (χ2v) is 6.59. The molecule has 1 atom stereocenters. The number of nitrogens with one attached hydrogen (secondary N) is 1. The van der Waals surface area contributed by atoms with E-state index >= 15 is 0 Å². The molecule has 0 aliphatic heterocycles. The van der Waals surface area contributed by atoms with Gasteiger partial charge in [0.1, 0.15) is 0 Å². The summed E-state index contributed by atoms with van der Waals surface area (Å²) in [5.74, 6) is 0.0486. The smallest absolute Gasteiger partial charge is 0.226 e. The molecule has 4 rings (SSSR count). The maximum absolute atomic E-state index is 12.3. The van der Waals surface area contributed by atoms with Crippen LogP contribution in [0.25, 0.3) is 4.96 Å². The molecule has 0 bridgehead atoms. The standard InChI is InChI=1S/C17H17N3OS/c21-16(10-13-11-20-8-9-22-17(20)18-13)19-15-7-3-5-12-4-1-2-6-14(12)15/h1-2,4,6,8-9,11,15H,3,5,7,10H2,(H,19,21)/t15-/m1/s1. The predicted octanol–water partition coefficient (Wildman–Crippen LogP) is 3.13. The van der Waals surface area contributed by atoms with Gasteiger partial charge in [0.2, 0.25) is 5.91 Å². The Balaban J connectivity index is 1.47. The number of nitrogens with zero attached hydrogens (tertiary/aromatic N) is 2. The van der Waals surface area contributed by atoms with E-state index in [0.717, 1.165) is 29.9 Å². The maximum atomic E-state index is 12.3. The van der Waals surface area contributed by atoms with Crippen LogP contribution in [0.5, 0.6) is 0 Å². The average Bonchev–Trinajstić information content (AvgIpc) is 3.09. The molecular formula is C17H17N3OS. The summed E-state index contributed by atoms with van der Waals surface area (Å²) in [5.41, 5.74) is 3.46. The molecule has 22 heavy (non-hydrogen) atoms. The largest absolute Gasteiger partial charge is 0.349 e. The summed E-state index contributed by atoms with van der Waals surface area (Å²) in [6.07, 6.45) is 7.49. The number of benzene rings is 1. The van der Waals surface area contributed by atoms with Gasteiger partial charge in [-0.05, 0) is 30.4 Å². The summed E-state index contributed by atoms with van der Waals surface area (Å²) < 4.78 is 1.96. The van der Waals surface area contributed by atoms with Gasteiger partial charge in [0.25, 0.3) is 0 Å². The van der Waals surface area contributed by atoms with E-state index in [2.05, 4.69) is 28.5 Å². The number of aromatic nitrogens is 2. The van der Waals surface area contributed by atoms with Crippen LogP contribution in [0.1, 0.15) is 35.7 Å². The number of imidazole rings is 1. The average molecular weight is 311 g/mol. The second kappa shape index (κ2) is 5.57. The van der Waals surface area contributed by atoms with Gasteiger partial charge in [-0.3, -0.25) is 9.20 Å². The van der Waals surface area contributed by atoms with E-state index < -0.39 is 0 Å². The monoisotopic (exact) mass is 311 g/mol. The van der Waals surface area contributed by atoms with Crippen LogP contribution in [0.4, 0.5) is 0 Å². The first kappa shape index (κ1) is 13.5. The number of hydrogen-bond acceptors (Lipinski definition) is 3. The Morgan fingerprint density at radius 1 is 1.41 bits per heavy atom. The van der Waals surface area contributed by atoms with Crippen molar-refractivity contribution in [3.05, 3.63) is 58.9 Å². The number of thiazole rings is 1. The van der Waals surface area contributed by atoms with Gasteiger partial charge in [0.15, 0.2) is 4.96 Å². The molecule has 1 aromatic carbocycles. The van der Waals surface area contributed by atoms with Crippen molar-refractivity contribution in [2.75, 3.05) is 0 Å². The van der Waals surface area contributed by atoms with E-state index in [1.165, 1.54) is 11.1 Å². The zero-order valence-electron chi connectivity index (χ0n) is 12.2. The molecule has 1 aliphatic carbocycles. The third-order valence-corrected chi connectivity index (χ3v) is 4.96. The quantitative estimate of drug-likeness (QED) is 0.808. The maximum Gasteiger partial charge on any atom is 0.226 e. The van der Waals surface area contributed by atoms with Crippen LogP contribution in [0, 0.1) is 0 Å². The number of fused-ring (bicyclic) bond motifs is 2. The summed E-state index contributed by atoms with van der Waals surface area (Å²) in [5, 5.41) is 5.17. The fourth-order valence-electron chi connectivity index (χ4n) is 3.17. The van der Waals surface area contributed by atoms with E-state index in [1.54, 1.807) is 11.3 Å². The van der Waals surface area contributed by atoms with E-state index in [-0.39, 0.29) is 11.9 Å². The number of hydrogen-bond donors (Lipinski definition) is 1. The van der Waals surface area contributed by atoms with E-state index in [4.69, 9.17) is 0 Å². The van der Waals surface area contributed by atoms with E-state index in [0.29, 0.717) is 6.42 Å². The Labute approximate surface area is 132 Å². The fourth-order valence-corrected chi connectivity index (χ4v) is 3.89. The van der Waals surface area contributed by atoms with Crippen molar-refractivity contribution in [2.45, 2.75) is 31.7 Å². The summed E-state index contributed by atoms with van der Waals surface area (Å²) in [6.45, 7) is 0. The van der Waals surface area contributed by atoms with Gasteiger partial charge in [0, 0.05) is 17.8 Å². The summed E-state index contributed by atoms with van der Waals surface area (Å²) in [7, 11) is 0. The SMILES string of the molecule is O=C(Cc1cn2ccsc2n1)N[C@@H]1CCCc2ccccc21. The van der Waals surface area contributed by atoms with Gasteiger partial charge in [0.05, 0.1) is 18.2 Å². The lowest BCUT2D eigenvalue weighted by Gasteiger charge is -2.26. The molecule has 112 valence electrons. The van der Waals surface area contributed by atoms with Crippen molar-refractivity contribution in [3.8, 4) is 0 Å². The van der Waals surface area contributed by atoms with Crippen LogP contribution in [0.15, 0.2) is 42.0 Å². The number of aryl methyl sites for hydroxylation is 1. The molecule has 3 aromatic rings. The number of carbonyl (C=O) groups is 1. The Bertz CT molecular complexity index is 792. The van der Waals surface area contributed by atoms with Gasteiger partial charge >= 0.3 is 0 Å². The lowest BCUT2D eigenvalue weighted by atomic mass is 9.87. The predicted molar refractivity (Wildman–Crippen MR) is 87.0 cm³/mol. The van der Waals surface area contributed by atoms with Gasteiger partial charge in [-0.1, -0.05) is 24.3 Å². The van der Waals surface area contributed by atoms with Crippen LogP contribution in [-0.2, 0) is 17.6 Å². The molecule has 1 aliphatic rings. The third kappa shape index (κ3) is 2.52. The molecule has 0 saturated heterocycles. The Morgan fingerprint density at radius 2 is 2.32 bits per heavy atom. The van der Waals surface area contributed by atoms with Crippen LogP contribution in [0.2, 0.25) is 0 Å². The molecule has 0 radical (unpaired) electrons. The topological polar surface area (TPSA) is 46.4 Å². The molecule has 0 spiro atoms. The van der Waals surface area contributed by atoms with Crippen LogP contribution < -0.4 is 5.32 Å². The molecule has 1 N–H and O–H groups in total. The number of rotatable bonds is 3. The van der Waals surface area contributed by atoms with Crippen molar-refractivity contribution < 1.29 is 4.79 Å². The van der Waals surface area contributed by atoms with Crippen molar-refractivity contribution in [1.82, 2.24) is 14.7 Å². The first-order chi connectivity index (χ1) is 10.8. The summed E-state index contributed by atoms with van der Waals surface area (Å²) in [4.78, 5) is 17.7. The molecule has 0 fully saturated rings. The summed E-state index contributed by atoms with van der Waals surface area (Å²) in [6, 6.07) is 8.55. The highest BCUT2D eigenvalue weighted by Gasteiger charge is 2.21. The number of carbonyl (C=O) groups excluding carboxylic acids is 1. The van der Waals surface area contributed by atoms with Crippen molar-refractivity contribution in [2.24, 2.45) is 0 Å². The molecular weight excluding hydrogens is 294 g/mol. The molecule has 2 aromatic heterocycles. The molecule has 5 heteroatoms. The minimum atomic E-state index is 0.0486. The van der Waals surface area contributed by atoms with Gasteiger partial charge in [-0.2, -0.15) is 0 Å². The van der Waals surface area contributed by atoms with Crippen molar-refractivity contribution >= 4 is 22.2 Å². The fraction of sp³-hybridized carbons (Fsp3) is 0.294. The van der Waals surface area contributed by atoms with Gasteiger partial charge in [-0.25, -0.2) is 4.98 Å². The highest BCUT2D eigenvalue weighted by molar-refractivity contribution is 7.15. The van der Waals surface area contributed by atoms with Gasteiger partial charge < -0.3 is 5.32 Å². The van der Waals surface area contributed by atoms with Crippen molar-refractivity contribution in [3.63, 3.8) is 0 Å². The Morgan fingerprint density at radius 3 is 3.23 bits per heavy atom. The van der Waals surface area contributed by atoms with Crippen molar-refractivity contribution in [1.29, 1.82) is 0 Å². The molecule has 0 unspecified atom stereocenters. The molecule has 1 amide bonds. The molecule has 0 saturated carbocycles. The van der Waals surface area contributed by atoms with Crippen LogP contribution in [0.3, 0.4) is 0 Å².